The van der Waals surface area contributed by atoms with Crippen LogP contribution in [0.15, 0.2) is 24.3 Å². The molecule has 0 saturated heterocycles. The molecule has 2 amide bonds. The first-order valence-corrected chi connectivity index (χ1v) is 10.3. The van der Waals surface area contributed by atoms with Crippen LogP contribution >= 0.6 is 0 Å². The fourth-order valence-electron chi connectivity index (χ4n) is 5.94. The predicted molar refractivity (Wildman–Crippen MR) is 107 cm³/mol. The quantitative estimate of drug-likeness (QED) is 0.758. The van der Waals surface area contributed by atoms with E-state index in [1.807, 2.05) is 43.3 Å². The molecule has 0 spiro atoms. The van der Waals surface area contributed by atoms with E-state index in [4.69, 9.17) is 0 Å². The highest BCUT2D eigenvalue weighted by atomic mass is 16.2. The molecule has 4 aliphatic rings. The second-order valence-electron chi connectivity index (χ2n) is 9.15. The van der Waals surface area contributed by atoms with Crippen LogP contribution in [0, 0.1) is 23.2 Å². The zero-order valence-electron chi connectivity index (χ0n) is 16.5. The smallest absolute Gasteiger partial charge is 0.251 e. The van der Waals surface area contributed by atoms with Crippen LogP contribution in [-0.4, -0.2) is 39.0 Å². The molecule has 2 N–H and O–H groups in total. The van der Waals surface area contributed by atoms with Gasteiger partial charge in [-0.1, -0.05) is 0 Å². The molecule has 4 saturated carbocycles. The molecule has 0 atom stereocenters. The van der Waals surface area contributed by atoms with Crippen LogP contribution in [0.5, 0.6) is 0 Å². The van der Waals surface area contributed by atoms with E-state index in [1.54, 1.807) is 0 Å². The Morgan fingerprint density at radius 2 is 1.44 bits per heavy atom. The summed E-state index contributed by atoms with van der Waals surface area (Å²) in [7, 11) is 3.95. The Morgan fingerprint density at radius 1 is 0.926 bits per heavy atom. The molecule has 4 aliphatic carbocycles. The van der Waals surface area contributed by atoms with Gasteiger partial charge in [-0.25, -0.2) is 0 Å². The van der Waals surface area contributed by atoms with Crippen molar-refractivity contribution in [3.63, 3.8) is 0 Å². The third-order valence-corrected chi connectivity index (χ3v) is 6.86. The van der Waals surface area contributed by atoms with Crippen LogP contribution < -0.4 is 15.5 Å². The Bertz CT molecular complexity index is 675. The summed E-state index contributed by atoms with van der Waals surface area (Å²) in [6, 6.07) is 7.53. The van der Waals surface area contributed by atoms with Crippen molar-refractivity contribution >= 4 is 17.5 Å². The number of hydrogen-bond acceptors (Lipinski definition) is 3. The van der Waals surface area contributed by atoms with Gasteiger partial charge in [0.15, 0.2) is 0 Å². The van der Waals surface area contributed by atoms with E-state index >= 15 is 0 Å². The van der Waals surface area contributed by atoms with Crippen LogP contribution in [-0.2, 0) is 4.79 Å². The van der Waals surface area contributed by atoms with Crippen LogP contribution in [0.4, 0.5) is 5.69 Å². The monoisotopic (exact) mass is 369 g/mol. The molecule has 146 valence electrons. The van der Waals surface area contributed by atoms with Gasteiger partial charge in [0.25, 0.3) is 5.91 Å². The highest BCUT2D eigenvalue weighted by Gasteiger charge is 2.54. The average Bonchev–Trinajstić information content (AvgIpc) is 2.63. The van der Waals surface area contributed by atoms with E-state index in [0.29, 0.717) is 18.7 Å². The van der Waals surface area contributed by atoms with E-state index in [-0.39, 0.29) is 17.2 Å². The van der Waals surface area contributed by atoms with Gasteiger partial charge in [0, 0.05) is 43.9 Å². The molecule has 27 heavy (non-hydrogen) atoms. The number of amides is 2. The van der Waals surface area contributed by atoms with Crippen LogP contribution in [0.3, 0.4) is 0 Å². The number of nitrogens with one attached hydrogen (secondary N) is 2. The number of nitrogens with zero attached hydrogens (tertiary/aromatic N) is 1. The Morgan fingerprint density at radius 3 is 1.96 bits per heavy atom. The number of anilines is 1. The third-order valence-electron chi connectivity index (χ3n) is 6.86. The summed E-state index contributed by atoms with van der Waals surface area (Å²) in [6.07, 6.45) is 7.26. The fraction of sp³-hybridized carbons (Fsp3) is 0.636. The molecule has 1 aromatic carbocycles. The molecule has 0 unspecified atom stereocenters. The summed E-state index contributed by atoms with van der Waals surface area (Å²) in [6.45, 7) is 0.967. The standard InChI is InChI=1S/C22H31N3O2/c1-25(2)19-5-3-18(4-6-19)20(26)23-7-8-24-21(27)22-12-15-9-16(13-22)11-17(10-15)14-22/h3-6,15-17H,7-14H2,1-2H3,(H,23,26)(H,24,27). The minimum Gasteiger partial charge on any atom is -0.378 e. The van der Waals surface area contributed by atoms with Crippen molar-refractivity contribution in [1.29, 1.82) is 0 Å². The Hall–Kier alpha value is -2.04. The maximum Gasteiger partial charge on any atom is 0.251 e. The van der Waals surface area contributed by atoms with Gasteiger partial charge < -0.3 is 15.5 Å². The highest BCUT2D eigenvalue weighted by molar-refractivity contribution is 5.94. The average molecular weight is 370 g/mol. The lowest BCUT2D eigenvalue weighted by molar-refractivity contribution is -0.146. The Labute approximate surface area is 161 Å². The molecule has 0 radical (unpaired) electrons. The maximum atomic E-state index is 12.9. The lowest BCUT2D eigenvalue weighted by atomic mass is 9.49. The van der Waals surface area contributed by atoms with E-state index in [0.717, 1.165) is 42.7 Å². The van der Waals surface area contributed by atoms with Crippen molar-refractivity contribution in [2.24, 2.45) is 23.2 Å². The van der Waals surface area contributed by atoms with Gasteiger partial charge in [0.1, 0.15) is 0 Å². The van der Waals surface area contributed by atoms with Crippen LogP contribution in [0.1, 0.15) is 48.9 Å². The van der Waals surface area contributed by atoms with Gasteiger partial charge in [0.05, 0.1) is 0 Å². The first kappa shape index (κ1) is 18.3. The number of hydrogen-bond donors (Lipinski definition) is 2. The maximum absolute atomic E-state index is 12.9. The van der Waals surface area contributed by atoms with Gasteiger partial charge in [-0.15, -0.1) is 0 Å². The summed E-state index contributed by atoms with van der Waals surface area (Å²) in [5.74, 6) is 2.45. The summed E-state index contributed by atoms with van der Waals surface area (Å²) >= 11 is 0. The summed E-state index contributed by atoms with van der Waals surface area (Å²) in [5, 5.41) is 6.02. The van der Waals surface area contributed by atoms with E-state index in [2.05, 4.69) is 10.6 Å². The van der Waals surface area contributed by atoms with Crippen molar-refractivity contribution in [1.82, 2.24) is 10.6 Å². The van der Waals surface area contributed by atoms with Gasteiger partial charge in [-0.2, -0.15) is 0 Å². The SMILES string of the molecule is CN(C)c1ccc(C(=O)NCCNC(=O)C23CC4CC(CC(C4)C2)C3)cc1. The molecule has 1 aromatic rings. The molecule has 5 rings (SSSR count). The lowest BCUT2D eigenvalue weighted by Gasteiger charge is -2.55. The molecule has 4 bridgehead atoms. The van der Waals surface area contributed by atoms with Crippen molar-refractivity contribution < 1.29 is 9.59 Å². The molecule has 5 nitrogen and oxygen atoms in total. The second-order valence-corrected chi connectivity index (χ2v) is 9.15. The van der Waals surface area contributed by atoms with Crippen LogP contribution in [0.25, 0.3) is 0 Å². The molecule has 0 aromatic heterocycles. The minimum atomic E-state index is -0.110. The number of rotatable bonds is 6. The highest BCUT2D eigenvalue weighted by Crippen LogP contribution is 2.60. The first-order chi connectivity index (χ1) is 12.9. The Kier molecular flexibility index (Phi) is 4.87. The summed E-state index contributed by atoms with van der Waals surface area (Å²) in [4.78, 5) is 27.1. The fourth-order valence-corrected chi connectivity index (χ4v) is 5.94. The molecule has 0 aliphatic heterocycles. The minimum absolute atomic E-state index is 0.0932. The summed E-state index contributed by atoms with van der Waals surface area (Å²) < 4.78 is 0. The van der Waals surface area contributed by atoms with Gasteiger partial charge in [-0.3, -0.25) is 9.59 Å². The van der Waals surface area contributed by atoms with Crippen molar-refractivity contribution in [3.8, 4) is 0 Å². The van der Waals surface area contributed by atoms with Crippen molar-refractivity contribution in [2.45, 2.75) is 38.5 Å². The number of carbonyl (C=O) groups excluding carboxylic acids is 2. The zero-order valence-corrected chi connectivity index (χ0v) is 16.5. The summed E-state index contributed by atoms with van der Waals surface area (Å²) in [5.41, 5.74) is 1.60. The topological polar surface area (TPSA) is 61.4 Å². The van der Waals surface area contributed by atoms with Crippen molar-refractivity contribution in [2.75, 3.05) is 32.1 Å². The largest absolute Gasteiger partial charge is 0.378 e. The van der Waals surface area contributed by atoms with Gasteiger partial charge in [0.2, 0.25) is 5.91 Å². The molecule has 4 fully saturated rings. The first-order valence-electron chi connectivity index (χ1n) is 10.3. The van der Waals surface area contributed by atoms with Gasteiger partial charge >= 0.3 is 0 Å². The third kappa shape index (κ3) is 3.69. The molecule has 5 heteroatoms. The van der Waals surface area contributed by atoms with Crippen molar-refractivity contribution in [3.05, 3.63) is 29.8 Å². The molecule has 0 heterocycles. The Balaban J connectivity index is 1.24. The zero-order chi connectivity index (χ0) is 19.0. The lowest BCUT2D eigenvalue weighted by Crippen LogP contribution is -2.54. The number of carbonyl (C=O) groups is 2. The molecular weight excluding hydrogens is 338 g/mol. The predicted octanol–water partition coefficient (Wildman–Crippen LogP) is 2.82. The van der Waals surface area contributed by atoms with E-state index < -0.39 is 0 Å². The van der Waals surface area contributed by atoms with E-state index in [1.165, 1.54) is 19.3 Å². The van der Waals surface area contributed by atoms with E-state index in [9.17, 15) is 9.59 Å². The van der Waals surface area contributed by atoms with Gasteiger partial charge in [-0.05, 0) is 80.5 Å². The number of benzene rings is 1. The second kappa shape index (κ2) is 7.17. The molecular formula is C22H31N3O2. The van der Waals surface area contributed by atoms with Crippen LogP contribution in [0.2, 0.25) is 0 Å². The normalized spacial score (nSPS) is 30.8.